The molecule has 0 saturated carbocycles. The summed E-state index contributed by atoms with van der Waals surface area (Å²) >= 11 is 0. The first kappa shape index (κ1) is 17.1. The van der Waals surface area contributed by atoms with Crippen LogP contribution in [0.2, 0.25) is 0 Å². The van der Waals surface area contributed by atoms with E-state index in [1.165, 1.54) is 6.08 Å². The molecule has 0 bridgehead atoms. The molecule has 0 aromatic heterocycles. The van der Waals surface area contributed by atoms with E-state index in [2.05, 4.69) is 25.6 Å². The summed E-state index contributed by atoms with van der Waals surface area (Å²) in [6, 6.07) is 25.0. The van der Waals surface area contributed by atoms with Gasteiger partial charge < -0.3 is 0 Å². The zero-order valence-electron chi connectivity index (χ0n) is 9.08. The van der Waals surface area contributed by atoms with Crippen LogP contribution in [0.1, 0.15) is 0 Å². The minimum Gasteiger partial charge on any atom is -0.245 e. The van der Waals surface area contributed by atoms with E-state index in [9.17, 15) is 0 Å². The Morgan fingerprint density at radius 3 is 1.06 bits per heavy atom. The van der Waals surface area contributed by atoms with E-state index in [1.807, 2.05) is 60.7 Å². The molecule has 0 heterocycles. The first-order valence-corrected chi connectivity index (χ1v) is 4.64. The summed E-state index contributed by atoms with van der Waals surface area (Å²) < 4.78 is 0. The molecule has 0 N–H and O–H groups in total. The number of benzene rings is 2. The molecule has 0 aliphatic carbocycles. The topological polar surface area (TPSA) is 0 Å². The van der Waals surface area contributed by atoms with E-state index in [4.69, 9.17) is 0 Å². The molecule has 0 nitrogen and oxygen atoms in total. The van der Waals surface area contributed by atoms with Gasteiger partial charge in [-0.25, -0.2) is 19.6 Å². The Kier molecular flexibility index (Phi) is 17.3. The second-order valence-electron chi connectivity index (χ2n) is 2.44. The summed E-state index contributed by atoms with van der Waals surface area (Å²) in [6.07, 6.45) is 1.50. The van der Waals surface area contributed by atoms with Gasteiger partial charge in [0.15, 0.2) is 0 Å². The Balaban J connectivity index is 0. The summed E-state index contributed by atoms with van der Waals surface area (Å²) in [4.78, 5) is 0. The molecule has 2 rings (SSSR count). The summed E-state index contributed by atoms with van der Waals surface area (Å²) in [6.45, 7) is 6.50. The van der Waals surface area contributed by atoms with Crippen molar-refractivity contribution in [2.45, 2.75) is 0 Å². The Labute approximate surface area is 113 Å². The number of rotatable bonds is 0. The minimum atomic E-state index is 0. The van der Waals surface area contributed by atoms with Gasteiger partial charge in [0.1, 0.15) is 0 Å². The molecule has 88 valence electrons. The molecule has 2 aromatic rings. The predicted octanol–water partition coefficient (Wildman–Crippen LogP) is 3.98. The van der Waals surface area contributed by atoms with Gasteiger partial charge in [0.2, 0.25) is 0 Å². The van der Waals surface area contributed by atoms with Crippen molar-refractivity contribution in [3.8, 4) is 0 Å². The van der Waals surface area contributed by atoms with Gasteiger partial charge in [-0.1, -0.05) is 0 Å². The van der Waals surface area contributed by atoms with Crippen molar-refractivity contribution in [1.82, 2.24) is 0 Å². The van der Waals surface area contributed by atoms with Crippen LogP contribution < -0.4 is 0 Å². The molecule has 2 aromatic carbocycles. The molecular formula is C15H15Pd-3. The molecule has 0 unspecified atom stereocenters. The van der Waals surface area contributed by atoms with Crippen LogP contribution in [0.15, 0.2) is 73.3 Å². The van der Waals surface area contributed by atoms with E-state index in [1.54, 1.807) is 0 Å². The third-order valence-electron chi connectivity index (χ3n) is 1.21. The normalized spacial score (nSPS) is 6.75. The smallest absolute Gasteiger partial charge is 0 e. The standard InChI is InChI=1S/2C6H5.C3H5.Pd/c2*1-2-4-6-5-3-1;1-3-2;/h2*1-5H;3H,1-2H2;/q3*-1;. The average molecular weight is 302 g/mol. The molecule has 0 radical (unpaired) electrons. The summed E-state index contributed by atoms with van der Waals surface area (Å²) in [7, 11) is 0. The first-order chi connectivity index (χ1) is 7.41. The molecule has 0 aliphatic heterocycles. The van der Waals surface area contributed by atoms with Crippen molar-refractivity contribution in [3.63, 3.8) is 0 Å². The number of hydrogen-bond donors (Lipinski definition) is 0. The monoisotopic (exact) mass is 301 g/mol. The predicted molar refractivity (Wildman–Crippen MR) is 66.1 cm³/mol. The van der Waals surface area contributed by atoms with Crippen LogP contribution in [0, 0.1) is 19.1 Å². The summed E-state index contributed by atoms with van der Waals surface area (Å²) in [5.74, 6) is 0. The Bertz CT molecular complexity index is 218. The van der Waals surface area contributed by atoms with Gasteiger partial charge in [-0.3, -0.25) is 0 Å². The van der Waals surface area contributed by atoms with Gasteiger partial charge in [-0.05, 0) is 0 Å². The fraction of sp³-hybridized carbons (Fsp3) is 0. The van der Waals surface area contributed by atoms with Crippen molar-refractivity contribution < 1.29 is 20.4 Å². The van der Waals surface area contributed by atoms with Crippen LogP contribution in [0.4, 0.5) is 0 Å². The fourth-order valence-corrected chi connectivity index (χ4v) is 0.684. The number of hydrogen-bond acceptors (Lipinski definition) is 0. The van der Waals surface area contributed by atoms with Gasteiger partial charge in [0.25, 0.3) is 0 Å². The fourth-order valence-electron chi connectivity index (χ4n) is 0.684. The third-order valence-corrected chi connectivity index (χ3v) is 1.21. The minimum absolute atomic E-state index is 0. The van der Waals surface area contributed by atoms with E-state index in [0.717, 1.165) is 0 Å². The largest absolute Gasteiger partial charge is 0.245 e. The van der Waals surface area contributed by atoms with Crippen LogP contribution in [0.3, 0.4) is 0 Å². The molecule has 16 heavy (non-hydrogen) atoms. The SMILES string of the molecule is C=C[CH2-].[Pd].[c-]1ccccc1.[c-]1ccccc1. The second-order valence-corrected chi connectivity index (χ2v) is 2.44. The molecule has 0 aliphatic rings. The second kappa shape index (κ2) is 16.2. The third kappa shape index (κ3) is 15.2. The van der Waals surface area contributed by atoms with Crippen molar-refractivity contribution in [2.24, 2.45) is 0 Å². The van der Waals surface area contributed by atoms with Crippen molar-refractivity contribution in [1.29, 1.82) is 0 Å². The average Bonchev–Trinajstić information content (AvgIpc) is 2.35. The van der Waals surface area contributed by atoms with E-state index >= 15 is 0 Å². The molecular weight excluding hydrogens is 287 g/mol. The van der Waals surface area contributed by atoms with Crippen LogP contribution in [-0.2, 0) is 20.4 Å². The first-order valence-electron chi connectivity index (χ1n) is 4.64. The quantitative estimate of drug-likeness (QED) is 0.510. The molecule has 0 atom stereocenters. The van der Waals surface area contributed by atoms with Gasteiger partial charge in [-0.2, -0.15) is 72.8 Å². The van der Waals surface area contributed by atoms with E-state index in [-0.39, 0.29) is 20.4 Å². The van der Waals surface area contributed by atoms with Gasteiger partial charge >= 0.3 is 0 Å². The molecule has 0 saturated heterocycles. The van der Waals surface area contributed by atoms with Crippen molar-refractivity contribution in [3.05, 3.63) is 92.4 Å². The Morgan fingerprint density at radius 1 is 0.750 bits per heavy atom. The van der Waals surface area contributed by atoms with Crippen LogP contribution in [0.5, 0.6) is 0 Å². The maximum Gasteiger partial charge on any atom is 0 e. The summed E-state index contributed by atoms with van der Waals surface area (Å²) in [5, 5.41) is 0. The molecule has 0 fully saturated rings. The van der Waals surface area contributed by atoms with Gasteiger partial charge in [0.05, 0.1) is 0 Å². The Hall–Kier alpha value is -1.29. The van der Waals surface area contributed by atoms with Crippen molar-refractivity contribution in [2.75, 3.05) is 0 Å². The zero-order chi connectivity index (χ0) is 11.2. The van der Waals surface area contributed by atoms with Crippen LogP contribution in [-0.4, -0.2) is 0 Å². The maximum atomic E-state index is 3.25. The van der Waals surface area contributed by atoms with Gasteiger partial charge in [0, 0.05) is 20.4 Å². The molecule has 0 spiro atoms. The Morgan fingerprint density at radius 2 is 1.00 bits per heavy atom. The van der Waals surface area contributed by atoms with E-state index < -0.39 is 0 Å². The molecule has 1 heteroatoms. The van der Waals surface area contributed by atoms with Crippen LogP contribution in [0.25, 0.3) is 0 Å². The van der Waals surface area contributed by atoms with Crippen molar-refractivity contribution >= 4 is 0 Å². The zero-order valence-corrected chi connectivity index (χ0v) is 10.6. The molecule has 0 amide bonds. The van der Waals surface area contributed by atoms with Crippen LogP contribution >= 0.6 is 0 Å². The van der Waals surface area contributed by atoms with E-state index in [0.29, 0.717) is 0 Å². The number of allylic oxidation sites excluding steroid dienone is 1. The summed E-state index contributed by atoms with van der Waals surface area (Å²) in [5.41, 5.74) is 0. The maximum absolute atomic E-state index is 3.25. The van der Waals surface area contributed by atoms with Gasteiger partial charge in [-0.15, -0.1) is 0 Å².